The quantitative estimate of drug-likeness (QED) is 0.665. The number of hydrogen-bond donors (Lipinski definition) is 0. The number of hydrogen-bond acceptors (Lipinski definition) is 3. The molecule has 1 heterocycles. The lowest BCUT2D eigenvalue weighted by Crippen LogP contribution is -2.21. The van der Waals surface area contributed by atoms with Gasteiger partial charge in [0.15, 0.2) is 0 Å². The van der Waals surface area contributed by atoms with Crippen molar-refractivity contribution in [1.82, 2.24) is 9.88 Å². The summed E-state index contributed by atoms with van der Waals surface area (Å²) in [6.45, 7) is 4.61. The molecule has 1 aromatic rings. The van der Waals surface area contributed by atoms with Gasteiger partial charge in [-0.2, -0.15) is 0 Å². The maximum atomic E-state index is 5.72. The second kappa shape index (κ2) is 8.04. The highest BCUT2D eigenvalue weighted by Crippen LogP contribution is 2.13. The molecule has 0 amide bonds. The number of thiazole rings is 1. The van der Waals surface area contributed by atoms with Crippen molar-refractivity contribution >= 4 is 22.9 Å². The van der Waals surface area contributed by atoms with Gasteiger partial charge in [0.1, 0.15) is 0 Å². The fraction of sp³-hybridized carbons (Fsp3) is 0.750. The van der Waals surface area contributed by atoms with Crippen molar-refractivity contribution in [3.05, 3.63) is 16.1 Å². The van der Waals surface area contributed by atoms with Crippen molar-refractivity contribution in [2.75, 3.05) is 20.1 Å². The molecule has 0 aliphatic heterocycles. The van der Waals surface area contributed by atoms with Crippen LogP contribution < -0.4 is 0 Å². The maximum absolute atomic E-state index is 5.72. The smallest absolute Gasteiger partial charge is 0.0929 e. The second-order valence-corrected chi connectivity index (χ2v) is 5.34. The molecule has 4 heteroatoms. The molecule has 0 N–H and O–H groups in total. The summed E-state index contributed by atoms with van der Waals surface area (Å²) in [5, 5.41) is 3.28. The molecule has 0 saturated heterocycles. The van der Waals surface area contributed by atoms with Crippen LogP contribution in [0, 0.1) is 0 Å². The van der Waals surface area contributed by atoms with Crippen molar-refractivity contribution in [2.24, 2.45) is 0 Å². The van der Waals surface area contributed by atoms with E-state index in [9.17, 15) is 0 Å². The van der Waals surface area contributed by atoms with E-state index in [2.05, 4.69) is 29.2 Å². The van der Waals surface area contributed by atoms with Crippen LogP contribution in [-0.4, -0.2) is 30.0 Å². The first-order valence-corrected chi connectivity index (χ1v) is 7.35. The molecule has 0 spiro atoms. The van der Waals surface area contributed by atoms with Crippen LogP contribution >= 0.6 is 22.9 Å². The highest BCUT2D eigenvalue weighted by atomic mass is 35.5. The molecule has 1 aromatic heterocycles. The van der Waals surface area contributed by atoms with Crippen molar-refractivity contribution < 1.29 is 0 Å². The van der Waals surface area contributed by atoms with Gasteiger partial charge in [0.25, 0.3) is 0 Å². The molecular formula is C12H21ClN2S. The number of nitrogens with zero attached hydrogens (tertiary/aromatic N) is 2. The van der Waals surface area contributed by atoms with Crippen LogP contribution in [0.25, 0.3) is 0 Å². The van der Waals surface area contributed by atoms with Crippen LogP contribution in [0.3, 0.4) is 0 Å². The molecular weight excluding hydrogens is 240 g/mol. The Bertz CT molecular complexity index is 288. The normalized spacial score (nSPS) is 11.2. The zero-order valence-electron chi connectivity index (χ0n) is 10.2. The van der Waals surface area contributed by atoms with Gasteiger partial charge in [-0.1, -0.05) is 13.3 Å². The summed E-state index contributed by atoms with van der Waals surface area (Å²) in [7, 11) is 2.20. The molecule has 92 valence electrons. The van der Waals surface area contributed by atoms with E-state index in [0.717, 1.165) is 18.7 Å². The van der Waals surface area contributed by atoms with E-state index in [-0.39, 0.29) is 0 Å². The molecule has 0 aliphatic carbocycles. The Balaban J connectivity index is 2.14. The summed E-state index contributed by atoms with van der Waals surface area (Å²) < 4.78 is 0. The van der Waals surface area contributed by atoms with Gasteiger partial charge in [0, 0.05) is 11.8 Å². The molecule has 0 unspecified atom stereocenters. The highest BCUT2D eigenvalue weighted by Gasteiger charge is 2.02. The van der Waals surface area contributed by atoms with E-state index in [1.165, 1.54) is 30.8 Å². The van der Waals surface area contributed by atoms with Crippen LogP contribution in [0.15, 0.2) is 5.38 Å². The summed E-state index contributed by atoms with van der Waals surface area (Å²) in [5.41, 5.74) is 1.01. The lowest BCUT2D eigenvalue weighted by molar-refractivity contribution is 0.323. The Morgan fingerprint density at radius 2 is 2.12 bits per heavy atom. The van der Waals surface area contributed by atoms with Crippen molar-refractivity contribution in [3.8, 4) is 0 Å². The fourth-order valence-corrected chi connectivity index (χ4v) is 2.63. The molecule has 0 bridgehead atoms. The van der Waals surface area contributed by atoms with Crippen LogP contribution in [0.5, 0.6) is 0 Å². The summed E-state index contributed by atoms with van der Waals surface area (Å²) in [5.74, 6) is 0.535. The minimum Gasteiger partial charge on any atom is -0.306 e. The molecule has 0 saturated carbocycles. The Morgan fingerprint density at radius 3 is 2.75 bits per heavy atom. The van der Waals surface area contributed by atoms with E-state index in [0.29, 0.717) is 5.88 Å². The van der Waals surface area contributed by atoms with Crippen LogP contribution in [-0.2, 0) is 12.3 Å². The van der Waals surface area contributed by atoms with Gasteiger partial charge in [-0.15, -0.1) is 22.9 Å². The lowest BCUT2D eigenvalue weighted by atomic mass is 10.3. The standard InChI is InChI=1S/C12H21ClN2S/c1-3-4-7-15(2)8-5-6-12-14-11(9-13)10-16-12/h10H,3-9H2,1-2H3. The van der Waals surface area contributed by atoms with E-state index in [1.807, 2.05) is 0 Å². The molecule has 2 nitrogen and oxygen atoms in total. The van der Waals surface area contributed by atoms with E-state index in [1.54, 1.807) is 11.3 Å². The first-order chi connectivity index (χ1) is 7.76. The predicted octanol–water partition coefficient (Wildman–Crippen LogP) is 3.55. The third-order valence-corrected chi connectivity index (χ3v) is 3.79. The Kier molecular flexibility index (Phi) is 7.01. The van der Waals surface area contributed by atoms with Gasteiger partial charge >= 0.3 is 0 Å². The fourth-order valence-electron chi connectivity index (χ4n) is 1.57. The molecule has 0 fully saturated rings. The van der Waals surface area contributed by atoms with Crippen molar-refractivity contribution in [3.63, 3.8) is 0 Å². The Morgan fingerprint density at radius 1 is 1.38 bits per heavy atom. The summed E-state index contributed by atoms with van der Waals surface area (Å²) in [6.07, 6.45) is 4.84. The molecule has 16 heavy (non-hydrogen) atoms. The van der Waals surface area contributed by atoms with Gasteiger partial charge in [0.2, 0.25) is 0 Å². The van der Waals surface area contributed by atoms with Gasteiger partial charge < -0.3 is 4.90 Å². The average Bonchev–Trinajstić information content (AvgIpc) is 2.74. The van der Waals surface area contributed by atoms with Crippen molar-refractivity contribution in [1.29, 1.82) is 0 Å². The summed E-state index contributed by atoms with van der Waals surface area (Å²) in [4.78, 5) is 6.86. The maximum Gasteiger partial charge on any atom is 0.0929 e. The Hall–Kier alpha value is -0.120. The molecule has 0 aromatic carbocycles. The van der Waals surface area contributed by atoms with Gasteiger partial charge in [0.05, 0.1) is 16.6 Å². The van der Waals surface area contributed by atoms with Crippen LogP contribution in [0.2, 0.25) is 0 Å². The average molecular weight is 261 g/mol. The van der Waals surface area contributed by atoms with E-state index in [4.69, 9.17) is 11.6 Å². The zero-order chi connectivity index (χ0) is 11.8. The predicted molar refractivity (Wildman–Crippen MR) is 72.4 cm³/mol. The van der Waals surface area contributed by atoms with E-state index >= 15 is 0 Å². The van der Waals surface area contributed by atoms with Crippen LogP contribution in [0.4, 0.5) is 0 Å². The molecule has 1 rings (SSSR count). The lowest BCUT2D eigenvalue weighted by Gasteiger charge is -2.15. The van der Waals surface area contributed by atoms with Gasteiger partial charge in [-0.25, -0.2) is 4.98 Å². The topological polar surface area (TPSA) is 16.1 Å². The Labute approximate surface area is 108 Å². The number of aryl methyl sites for hydroxylation is 1. The summed E-state index contributed by atoms with van der Waals surface area (Å²) >= 11 is 7.45. The SMILES string of the molecule is CCCCN(C)CCCc1nc(CCl)cs1. The molecule has 0 atom stereocenters. The second-order valence-electron chi connectivity index (χ2n) is 4.13. The van der Waals surface area contributed by atoms with Gasteiger partial charge in [-0.3, -0.25) is 0 Å². The van der Waals surface area contributed by atoms with E-state index < -0.39 is 0 Å². The minimum absolute atomic E-state index is 0.535. The molecule has 0 radical (unpaired) electrons. The monoisotopic (exact) mass is 260 g/mol. The zero-order valence-corrected chi connectivity index (χ0v) is 11.8. The van der Waals surface area contributed by atoms with Crippen molar-refractivity contribution in [2.45, 2.75) is 38.5 Å². The number of aromatic nitrogens is 1. The number of unbranched alkanes of at least 4 members (excludes halogenated alkanes) is 1. The highest BCUT2D eigenvalue weighted by molar-refractivity contribution is 7.09. The molecule has 0 aliphatic rings. The summed E-state index contributed by atoms with van der Waals surface area (Å²) in [6, 6.07) is 0. The number of alkyl halides is 1. The minimum atomic E-state index is 0.535. The largest absolute Gasteiger partial charge is 0.306 e. The first-order valence-electron chi connectivity index (χ1n) is 5.94. The number of halogens is 1. The third kappa shape index (κ3) is 5.28. The number of rotatable bonds is 8. The van der Waals surface area contributed by atoms with Gasteiger partial charge in [-0.05, 0) is 33.0 Å². The third-order valence-electron chi connectivity index (χ3n) is 2.56. The first kappa shape index (κ1) is 13.9. The van der Waals surface area contributed by atoms with Crippen LogP contribution in [0.1, 0.15) is 36.9 Å².